The second-order valence-electron chi connectivity index (χ2n) is 7.79. The summed E-state index contributed by atoms with van der Waals surface area (Å²) in [5, 5.41) is 0. The molecule has 0 heterocycles. The monoisotopic (exact) mass is 338 g/mol. The van der Waals surface area contributed by atoms with Crippen molar-refractivity contribution in [1.82, 2.24) is 0 Å². The lowest BCUT2D eigenvalue weighted by Gasteiger charge is -2.35. The van der Waals surface area contributed by atoms with Gasteiger partial charge in [0.25, 0.3) is 0 Å². The maximum atomic E-state index is 6.22. The Morgan fingerprint density at radius 3 is 1.36 bits per heavy atom. The molecule has 0 bridgehead atoms. The van der Waals surface area contributed by atoms with Gasteiger partial charge in [-0.15, -0.1) is 0 Å². The van der Waals surface area contributed by atoms with Crippen LogP contribution in [0.1, 0.15) is 88.5 Å². The van der Waals surface area contributed by atoms with Crippen molar-refractivity contribution in [3.05, 3.63) is 58.7 Å². The third-order valence-electron chi connectivity index (χ3n) is 5.73. The molecule has 2 rings (SSSR count). The number of nitrogen functional groups attached to an aromatic ring is 2. The zero-order valence-electron chi connectivity index (χ0n) is 16.7. The summed E-state index contributed by atoms with van der Waals surface area (Å²) in [7, 11) is 0. The van der Waals surface area contributed by atoms with Crippen molar-refractivity contribution in [3.8, 4) is 0 Å². The molecule has 0 saturated carbocycles. The minimum atomic E-state index is -0.00528. The molecule has 0 saturated heterocycles. The number of anilines is 2. The zero-order chi connectivity index (χ0) is 18.8. The minimum absolute atomic E-state index is 0.00528. The Morgan fingerprint density at radius 1 is 0.720 bits per heavy atom. The predicted octanol–water partition coefficient (Wildman–Crippen LogP) is 6.20. The van der Waals surface area contributed by atoms with Gasteiger partial charge in [0.1, 0.15) is 0 Å². The van der Waals surface area contributed by atoms with E-state index < -0.39 is 0 Å². The van der Waals surface area contributed by atoms with Gasteiger partial charge in [-0.05, 0) is 59.1 Å². The average Bonchev–Trinajstić information content (AvgIpc) is 2.58. The molecule has 136 valence electrons. The molecule has 0 spiro atoms. The smallest absolute Gasteiger partial charge is 0.0349 e. The van der Waals surface area contributed by atoms with Crippen LogP contribution in [0.5, 0.6) is 0 Å². The van der Waals surface area contributed by atoms with Crippen molar-refractivity contribution in [2.24, 2.45) is 0 Å². The van der Waals surface area contributed by atoms with Crippen molar-refractivity contribution in [3.63, 3.8) is 0 Å². The third kappa shape index (κ3) is 3.53. The topological polar surface area (TPSA) is 52.0 Å². The fourth-order valence-corrected chi connectivity index (χ4v) is 3.98. The maximum absolute atomic E-state index is 6.22. The van der Waals surface area contributed by atoms with E-state index >= 15 is 0 Å². The summed E-state index contributed by atoms with van der Waals surface area (Å²) in [5.74, 6) is 0.841. The van der Waals surface area contributed by atoms with E-state index in [1.165, 1.54) is 22.3 Å². The number of benzene rings is 2. The van der Waals surface area contributed by atoms with Crippen LogP contribution in [-0.4, -0.2) is 0 Å². The molecule has 2 aromatic rings. The summed E-state index contributed by atoms with van der Waals surface area (Å²) < 4.78 is 0. The molecule has 0 radical (unpaired) electrons. The van der Waals surface area contributed by atoms with Gasteiger partial charge in [0.2, 0.25) is 0 Å². The van der Waals surface area contributed by atoms with Gasteiger partial charge in [-0.3, -0.25) is 0 Å². The normalized spacial score (nSPS) is 12.2. The molecule has 0 aliphatic heterocycles. The molecule has 0 aliphatic carbocycles. The maximum Gasteiger partial charge on any atom is 0.0349 e. The lowest BCUT2D eigenvalue weighted by atomic mass is 9.69. The van der Waals surface area contributed by atoms with Gasteiger partial charge in [-0.25, -0.2) is 0 Å². The van der Waals surface area contributed by atoms with Crippen LogP contribution in [0.2, 0.25) is 0 Å². The molecular weight excluding hydrogens is 304 g/mol. The molecule has 0 fully saturated rings. The number of hydrogen-bond acceptors (Lipinski definition) is 2. The average molecular weight is 339 g/mol. The van der Waals surface area contributed by atoms with Crippen LogP contribution < -0.4 is 11.5 Å². The minimum Gasteiger partial charge on any atom is -0.398 e. The van der Waals surface area contributed by atoms with Gasteiger partial charge in [-0.2, -0.15) is 0 Å². The summed E-state index contributed by atoms with van der Waals surface area (Å²) in [6.07, 6.45) is 2.10. The van der Waals surface area contributed by atoms with E-state index in [1.54, 1.807) is 0 Å². The van der Waals surface area contributed by atoms with Crippen LogP contribution in [-0.2, 0) is 5.41 Å². The van der Waals surface area contributed by atoms with Crippen LogP contribution in [0.3, 0.4) is 0 Å². The Labute approximate surface area is 153 Å². The van der Waals surface area contributed by atoms with E-state index in [-0.39, 0.29) is 5.41 Å². The van der Waals surface area contributed by atoms with Gasteiger partial charge < -0.3 is 11.5 Å². The first-order valence-corrected chi connectivity index (χ1v) is 9.56. The molecule has 0 unspecified atom stereocenters. The Bertz CT molecular complexity index is 665. The number of rotatable bonds is 6. The summed E-state index contributed by atoms with van der Waals surface area (Å²) >= 11 is 0. The van der Waals surface area contributed by atoms with E-state index in [0.29, 0.717) is 11.8 Å². The van der Waals surface area contributed by atoms with E-state index in [1.807, 2.05) is 0 Å². The molecule has 4 N–H and O–H groups in total. The van der Waals surface area contributed by atoms with E-state index in [4.69, 9.17) is 11.5 Å². The van der Waals surface area contributed by atoms with Gasteiger partial charge in [0.15, 0.2) is 0 Å². The Balaban J connectivity index is 2.68. The second-order valence-corrected chi connectivity index (χ2v) is 7.79. The summed E-state index contributed by atoms with van der Waals surface area (Å²) in [6.45, 7) is 13.4. The lowest BCUT2D eigenvalue weighted by Crippen LogP contribution is -2.27. The van der Waals surface area contributed by atoms with E-state index in [2.05, 4.69) is 77.9 Å². The first-order chi connectivity index (χ1) is 11.8. The van der Waals surface area contributed by atoms with Crippen LogP contribution in [0.25, 0.3) is 0 Å². The fourth-order valence-electron chi connectivity index (χ4n) is 3.98. The van der Waals surface area contributed by atoms with E-state index in [0.717, 1.165) is 24.2 Å². The van der Waals surface area contributed by atoms with E-state index in [9.17, 15) is 0 Å². The van der Waals surface area contributed by atoms with Gasteiger partial charge in [0.05, 0.1) is 0 Å². The quantitative estimate of drug-likeness (QED) is 0.616. The Hall–Kier alpha value is -1.96. The molecular formula is C23H34N2. The second kappa shape index (κ2) is 7.51. The molecule has 2 nitrogen and oxygen atoms in total. The first-order valence-electron chi connectivity index (χ1n) is 9.56. The first kappa shape index (κ1) is 19.4. The molecule has 0 aliphatic rings. The van der Waals surface area contributed by atoms with Crippen LogP contribution >= 0.6 is 0 Å². The standard InChI is InChI=1S/C23H34N2/c1-7-23(8-2,17-9-11-21(24)19(13-17)15(3)4)18-10-12-22(25)20(14-18)16(5)6/h9-16H,7-8,24-25H2,1-6H3. The highest BCUT2D eigenvalue weighted by molar-refractivity contribution is 5.56. The molecule has 0 amide bonds. The van der Waals surface area contributed by atoms with Crippen LogP contribution in [0.15, 0.2) is 36.4 Å². The Morgan fingerprint density at radius 2 is 1.08 bits per heavy atom. The highest BCUT2D eigenvalue weighted by Crippen LogP contribution is 2.42. The van der Waals surface area contributed by atoms with Crippen LogP contribution in [0, 0.1) is 0 Å². The predicted molar refractivity (Wildman–Crippen MR) is 111 cm³/mol. The fraction of sp³-hybridized carbons (Fsp3) is 0.478. The van der Waals surface area contributed by atoms with Gasteiger partial charge in [0, 0.05) is 16.8 Å². The molecule has 25 heavy (non-hydrogen) atoms. The van der Waals surface area contributed by atoms with Crippen molar-refractivity contribution in [2.75, 3.05) is 11.5 Å². The largest absolute Gasteiger partial charge is 0.398 e. The zero-order valence-corrected chi connectivity index (χ0v) is 16.7. The number of nitrogens with two attached hydrogens (primary N) is 2. The Kier molecular flexibility index (Phi) is 5.82. The summed E-state index contributed by atoms with van der Waals surface area (Å²) in [5.41, 5.74) is 19.4. The molecule has 2 aromatic carbocycles. The van der Waals surface area contributed by atoms with Crippen LogP contribution in [0.4, 0.5) is 11.4 Å². The highest BCUT2D eigenvalue weighted by atomic mass is 14.6. The van der Waals surface area contributed by atoms with Gasteiger partial charge in [-0.1, -0.05) is 65.8 Å². The van der Waals surface area contributed by atoms with Crippen molar-refractivity contribution < 1.29 is 0 Å². The summed E-state index contributed by atoms with van der Waals surface area (Å²) in [6, 6.07) is 13.2. The molecule has 0 atom stereocenters. The van der Waals surface area contributed by atoms with Crippen molar-refractivity contribution in [2.45, 2.75) is 71.6 Å². The summed E-state index contributed by atoms with van der Waals surface area (Å²) in [4.78, 5) is 0. The molecule has 0 aromatic heterocycles. The highest BCUT2D eigenvalue weighted by Gasteiger charge is 2.32. The third-order valence-corrected chi connectivity index (χ3v) is 5.73. The SMILES string of the molecule is CCC(CC)(c1ccc(N)c(C(C)C)c1)c1ccc(N)c(C(C)C)c1. The van der Waals surface area contributed by atoms with Gasteiger partial charge >= 0.3 is 0 Å². The number of hydrogen-bond donors (Lipinski definition) is 2. The lowest BCUT2D eigenvalue weighted by molar-refractivity contribution is 0.477. The van der Waals surface area contributed by atoms with Crippen molar-refractivity contribution >= 4 is 11.4 Å². The van der Waals surface area contributed by atoms with Crippen molar-refractivity contribution in [1.29, 1.82) is 0 Å². The molecule has 2 heteroatoms.